The minimum atomic E-state index is -0.774. The van der Waals surface area contributed by atoms with E-state index in [9.17, 15) is 15.2 Å². The first-order chi connectivity index (χ1) is 20.4. The van der Waals surface area contributed by atoms with E-state index < -0.39 is 5.97 Å². The van der Waals surface area contributed by atoms with Gasteiger partial charge in [-0.05, 0) is 66.4 Å². The van der Waals surface area contributed by atoms with Gasteiger partial charge in [-0.2, -0.15) is 10.4 Å². The zero-order valence-electron chi connectivity index (χ0n) is 22.9. The van der Waals surface area contributed by atoms with Crippen molar-refractivity contribution in [3.63, 3.8) is 0 Å². The van der Waals surface area contributed by atoms with Gasteiger partial charge in [-0.15, -0.1) is 0 Å². The largest absolute Gasteiger partial charge is 0.481 e. The Bertz CT molecular complexity index is 1890. The molecular formula is C32H27ClN6O3. The van der Waals surface area contributed by atoms with Crippen LogP contribution in [0.5, 0.6) is 0 Å². The van der Waals surface area contributed by atoms with Crippen LogP contribution in [0, 0.1) is 24.2 Å². The number of carboxylic acid groups (broad SMARTS) is 1. The zero-order valence-corrected chi connectivity index (χ0v) is 23.6. The molecule has 0 aliphatic carbocycles. The van der Waals surface area contributed by atoms with Gasteiger partial charge in [0.1, 0.15) is 11.6 Å². The number of rotatable bonds is 6. The molecule has 0 radical (unpaired) electrons. The second-order valence-electron chi connectivity index (χ2n) is 10.9. The summed E-state index contributed by atoms with van der Waals surface area (Å²) in [5.74, 6) is -0.689. The summed E-state index contributed by atoms with van der Waals surface area (Å²) in [4.78, 5) is 18.0. The molecule has 2 aromatic heterocycles. The predicted molar refractivity (Wildman–Crippen MR) is 158 cm³/mol. The number of halogens is 1. The molecule has 10 heteroatoms. The fraction of sp³-hybridized carbons (Fsp3) is 0.250. The molecule has 0 saturated carbocycles. The van der Waals surface area contributed by atoms with Crippen molar-refractivity contribution in [2.24, 2.45) is 5.92 Å². The van der Waals surface area contributed by atoms with Gasteiger partial charge in [0, 0.05) is 43.5 Å². The summed E-state index contributed by atoms with van der Waals surface area (Å²) in [7, 11) is 0. The summed E-state index contributed by atoms with van der Waals surface area (Å²) in [5, 5.41) is 27.8. The quantitative estimate of drug-likeness (QED) is 0.277. The van der Waals surface area contributed by atoms with Crippen LogP contribution >= 0.6 is 11.6 Å². The summed E-state index contributed by atoms with van der Waals surface area (Å²) < 4.78 is 8.06. The van der Waals surface area contributed by atoms with Crippen LogP contribution in [0.25, 0.3) is 39.4 Å². The number of benzene rings is 3. The van der Waals surface area contributed by atoms with Crippen LogP contribution in [0.1, 0.15) is 27.9 Å². The lowest BCUT2D eigenvalue weighted by Gasteiger charge is -2.36. The number of nitrogens with zero attached hydrogens (tertiary/aromatic N) is 5. The molecule has 3 aromatic carbocycles. The molecule has 0 amide bonds. The molecule has 9 nitrogen and oxygen atoms in total. The molecule has 4 heterocycles. The summed E-state index contributed by atoms with van der Waals surface area (Å²) in [6.07, 6.45) is 3.01. The molecule has 1 saturated heterocycles. The number of nitrogens with one attached hydrogen (secondary N) is 1. The number of likely N-dealkylation sites (tertiary alicyclic amines) is 1. The Hall–Kier alpha value is -4.49. The molecular weight excluding hydrogens is 552 g/mol. The summed E-state index contributed by atoms with van der Waals surface area (Å²) in [5.41, 5.74) is 9.02. The average molecular weight is 579 g/mol. The van der Waals surface area contributed by atoms with Gasteiger partial charge in [0.2, 0.25) is 5.89 Å². The van der Waals surface area contributed by atoms with Gasteiger partial charge in [0.25, 0.3) is 0 Å². The third kappa shape index (κ3) is 4.54. The van der Waals surface area contributed by atoms with E-state index in [2.05, 4.69) is 17.6 Å². The van der Waals surface area contributed by atoms with Gasteiger partial charge in [0.05, 0.1) is 27.9 Å². The van der Waals surface area contributed by atoms with E-state index in [0.29, 0.717) is 47.2 Å². The Morgan fingerprint density at radius 2 is 1.98 bits per heavy atom. The number of hydrogen-bond acceptors (Lipinski definition) is 7. The van der Waals surface area contributed by atoms with Crippen molar-refractivity contribution in [1.29, 1.82) is 5.26 Å². The van der Waals surface area contributed by atoms with Crippen LogP contribution in [-0.2, 0) is 24.3 Å². The van der Waals surface area contributed by atoms with Crippen LogP contribution < -0.4 is 5.32 Å². The third-order valence-electron chi connectivity index (χ3n) is 8.20. The van der Waals surface area contributed by atoms with Gasteiger partial charge in [-0.3, -0.25) is 9.69 Å². The summed E-state index contributed by atoms with van der Waals surface area (Å²) in [6.45, 7) is 5.25. The van der Waals surface area contributed by atoms with Crippen molar-refractivity contribution in [3.05, 3.63) is 87.7 Å². The fourth-order valence-electron chi connectivity index (χ4n) is 5.91. The van der Waals surface area contributed by atoms with E-state index in [0.717, 1.165) is 58.7 Å². The van der Waals surface area contributed by atoms with Crippen LogP contribution in [-0.4, -0.2) is 50.4 Å². The van der Waals surface area contributed by atoms with Crippen molar-refractivity contribution < 1.29 is 14.3 Å². The van der Waals surface area contributed by atoms with E-state index >= 15 is 0 Å². The number of aliphatic carboxylic acids is 1. The van der Waals surface area contributed by atoms with Crippen LogP contribution in [0.4, 0.5) is 0 Å². The smallest absolute Gasteiger partial charge is 0.309 e. The Balaban J connectivity index is 1.23. The van der Waals surface area contributed by atoms with E-state index in [-0.39, 0.29) is 5.92 Å². The van der Waals surface area contributed by atoms with Gasteiger partial charge >= 0.3 is 5.97 Å². The SMILES string of the molecule is Cc1c(-c2nc3cc(CN4CC(C(=O)O)C4)cc(C#N)c3o2)cccc1-c1cccc(-n2cc3c(n2)CNCC3)c1Cl. The molecule has 0 bridgehead atoms. The van der Waals surface area contributed by atoms with Gasteiger partial charge in [0.15, 0.2) is 5.58 Å². The third-order valence-corrected chi connectivity index (χ3v) is 8.60. The Morgan fingerprint density at radius 3 is 2.76 bits per heavy atom. The maximum Gasteiger partial charge on any atom is 0.309 e. The zero-order chi connectivity index (χ0) is 29.0. The molecule has 2 aliphatic rings. The molecule has 0 unspecified atom stereocenters. The highest BCUT2D eigenvalue weighted by Gasteiger charge is 2.32. The Labute approximate surface area is 247 Å². The number of nitriles is 1. The fourth-order valence-corrected chi connectivity index (χ4v) is 6.23. The minimum Gasteiger partial charge on any atom is -0.481 e. The van der Waals surface area contributed by atoms with E-state index in [4.69, 9.17) is 26.1 Å². The standard InChI is InChI=1S/C32H27ClN6O3/c1-18-23(25-6-3-7-28(29(25)33)39-17-20-8-9-35-13-27(20)37-39)4-2-5-24(18)31-36-26-11-19(10-21(12-34)30(26)42-31)14-38-15-22(16-38)32(40)41/h2-7,10-11,17,22,35H,8-9,13-16H2,1H3,(H,40,41). The molecule has 2 N–H and O–H groups in total. The first-order valence-corrected chi connectivity index (χ1v) is 14.2. The monoisotopic (exact) mass is 578 g/mol. The van der Waals surface area contributed by atoms with Crippen molar-refractivity contribution in [2.75, 3.05) is 19.6 Å². The summed E-state index contributed by atoms with van der Waals surface area (Å²) >= 11 is 7.03. The lowest BCUT2D eigenvalue weighted by molar-refractivity contribution is -0.147. The first kappa shape index (κ1) is 26.4. The van der Waals surface area contributed by atoms with Gasteiger partial charge < -0.3 is 14.8 Å². The molecule has 210 valence electrons. The normalized spacial score (nSPS) is 15.4. The average Bonchev–Trinajstić information content (AvgIpc) is 3.59. The number of carbonyl (C=O) groups is 1. The lowest BCUT2D eigenvalue weighted by Crippen LogP contribution is -2.49. The van der Waals surface area contributed by atoms with Gasteiger partial charge in [-0.25, -0.2) is 9.67 Å². The lowest BCUT2D eigenvalue weighted by atomic mass is 9.96. The molecule has 0 spiro atoms. The van der Waals surface area contributed by atoms with Crippen molar-refractivity contribution in [2.45, 2.75) is 26.4 Å². The molecule has 2 aliphatic heterocycles. The van der Waals surface area contributed by atoms with Crippen molar-refractivity contribution >= 4 is 28.7 Å². The second kappa shape index (κ2) is 10.4. The number of aromatic nitrogens is 3. The number of carboxylic acids is 1. The molecule has 42 heavy (non-hydrogen) atoms. The number of hydrogen-bond donors (Lipinski definition) is 2. The Kier molecular flexibility index (Phi) is 6.54. The first-order valence-electron chi connectivity index (χ1n) is 13.9. The topological polar surface area (TPSA) is 120 Å². The number of oxazole rings is 1. The molecule has 7 rings (SSSR count). The molecule has 1 fully saturated rings. The van der Waals surface area contributed by atoms with Crippen LogP contribution in [0.3, 0.4) is 0 Å². The highest BCUT2D eigenvalue weighted by atomic mass is 35.5. The van der Waals surface area contributed by atoms with Crippen molar-refractivity contribution in [3.8, 4) is 34.3 Å². The van der Waals surface area contributed by atoms with Crippen molar-refractivity contribution in [1.82, 2.24) is 25.0 Å². The highest BCUT2D eigenvalue weighted by Crippen LogP contribution is 2.39. The molecule has 0 atom stereocenters. The van der Waals surface area contributed by atoms with Crippen LogP contribution in [0.2, 0.25) is 5.02 Å². The summed E-state index contributed by atoms with van der Waals surface area (Å²) in [6, 6.07) is 17.8. The van der Waals surface area contributed by atoms with E-state index in [1.807, 2.05) is 59.0 Å². The highest BCUT2D eigenvalue weighted by molar-refractivity contribution is 6.35. The Morgan fingerprint density at radius 1 is 1.19 bits per heavy atom. The van der Waals surface area contributed by atoms with Gasteiger partial charge in [-0.1, -0.05) is 35.9 Å². The second-order valence-corrected chi connectivity index (χ2v) is 11.3. The minimum absolute atomic E-state index is 0.338. The van der Waals surface area contributed by atoms with Crippen LogP contribution in [0.15, 0.2) is 59.1 Å². The molecule has 5 aromatic rings. The number of fused-ring (bicyclic) bond motifs is 2. The van der Waals surface area contributed by atoms with E-state index in [1.165, 1.54) is 5.56 Å². The maximum atomic E-state index is 11.2. The maximum absolute atomic E-state index is 11.2. The predicted octanol–water partition coefficient (Wildman–Crippen LogP) is 5.34. The van der Waals surface area contributed by atoms with E-state index in [1.54, 1.807) is 6.07 Å².